The van der Waals surface area contributed by atoms with Gasteiger partial charge in [0, 0.05) is 17.4 Å². The molecule has 7 heteroatoms. The molecule has 1 fully saturated rings. The Morgan fingerprint density at radius 1 is 1.38 bits per heavy atom. The molecule has 0 unspecified atom stereocenters. The molecule has 7 nitrogen and oxygen atoms in total. The number of rotatable bonds is 3. The van der Waals surface area contributed by atoms with Crippen LogP contribution < -0.4 is 4.74 Å². The number of methoxy groups -OCH3 is 1. The van der Waals surface area contributed by atoms with Crippen molar-refractivity contribution in [2.45, 2.75) is 25.8 Å². The Kier molecular flexibility index (Phi) is 3.48. The van der Waals surface area contributed by atoms with Crippen LogP contribution in [0.15, 0.2) is 24.3 Å². The van der Waals surface area contributed by atoms with Crippen LogP contribution in [-0.2, 0) is 0 Å². The number of hydrogen-bond acceptors (Lipinski definition) is 4. The maximum absolute atomic E-state index is 13.0. The van der Waals surface area contributed by atoms with E-state index in [4.69, 9.17) is 4.74 Å². The Balaban J connectivity index is 1.65. The Labute approximate surface area is 139 Å². The molecule has 2 N–H and O–H groups in total. The second-order valence-electron chi connectivity index (χ2n) is 6.07. The smallest absolute Gasteiger partial charge is 0.270 e. The Morgan fingerprint density at radius 2 is 2.25 bits per heavy atom. The lowest BCUT2D eigenvalue weighted by Crippen LogP contribution is -2.31. The fourth-order valence-electron chi connectivity index (χ4n) is 3.29. The van der Waals surface area contributed by atoms with Crippen molar-refractivity contribution in [3.05, 3.63) is 41.6 Å². The predicted molar refractivity (Wildman–Crippen MR) is 89.0 cm³/mol. The number of aromatic nitrogens is 4. The summed E-state index contributed by atoms with van der Waals surface area (Å²) in [6.45, 7) is 2.58. The van der Waals surface area contributed by atoms with E-state index in [1.165, 1.54) is 0 Å². The number of likely N-dealkylation sites (tertiary alicyclic amines) is 1. The van der Waals surface area contributed by atoms with Gasteiger partial charge in [-0.05, 0) is 44.0 Å². The number of nitrogens with zero attached hydrogens (tertiary/aromatic N) is 3. The summed E-state index contributed by atoms with van der Waals surface area (Å²) < 4.78 is 5.24. The molecule has 1 amide bonds. The first-order valence-electron chi connectivity index (χ1n) is 8.02. The molecule has 124 valence electrons. The second kappa shape index (κ2) is 5.67. The number of nitrogens with one attached hydrogen (secondary N) is 2. The van der Waals surface area contributed by atoms with Gasteiger partial charge in [-0.15, -0.1) is 0 Å². The van der Waals surface area contributed by atoms with Crippen LogP contribution in [0.4, 0.5) is 0 Å². The maximum atomic E-state index is 13.0. The van der Waals surface area contributed by atoms with Crippen molar-refractivity contribution in [1.29, 1.82) is 0 Å². The van der Waals surface area contributed by atoms with Gasteiger partial charge in [0.15, 0.2) is 5.82 Å². The number of aryl methyl sites for hydroxylation is 1. The predicted octanol–water partition coefficient (Wildman–Crippen LogP) is 2.58. The molecule has 24 heavy (non-hydrogen) atoms. The Hall–Kier alpha value is -2.83. The molecule has 0 saturated carbocycles. The number of carbonyl (C=O) groups excluding carboxylic acids is 1. The second-order valence-corrected chi connectivity index (χ2v) is 6.07. The third-order valence-corrected chi connectivity index (χ3v) is 4.48. The lowest BCUT2D eigenvalue weighted by Gasteiger charge is -2.21. The van der Waals surface area contributed by atoms with Crippen LogP contribution >= 0.6 is 0 Å². The van der Waals surface area contributed by atoms with E-state index in [1.54, 1.807) is 7.11 Å². The van der Waals surface area contributed by atoms with Crippen molar-refractivity contribution in [2.75, 3.05) is 13.7 Å². The van der Waals surface area contributed by atoms with Gasteiger partial charge in [-0.2, -0.15) is 5.10 Å². The summed E-state index contributed by atoms with van der Waals surface area (Å²) in [6, 6.07) is 7.53. The van der Waals surface area contributed by atoms with Crippen molar-refractivity contribution in [2.24, 2.45) is 0 Å². The van der Waals surface area contributed by atoms with E-state index in [1.807, 2.05) is 36.1 Å². The minimum Gasteiger partial charge on any atom is -0.497 e. The van der Waals surface area contributed by atoms with Gasteiger partial charge in [-0.3, -0.25) is 9.89 Å². The molecule has 1 aliphatic rings. The summed E-state index contributed by atoms with van der Waals surface area (Å²) in [5.41, 5.74) is 1.50. The van der Waals surface area contributed by atoms with E-state index in [0.29, 0.717) is 11.5 Å². The third kappa shape index (κ3) is 2.42. The molecule has 3 aromatic rings. The van der Waals surface area contributed by atoms with Crippen molar-refractivity contribution in [3.8, 4) is 5.75 Å². The molecule has 2 aromatic heterocycles. The lowest BCUT2D eigenvalue weighted by atomic mass is 10.2. The molecular formula is C17H19N5O2. The highest BCUT2D eigenvalue weighted by Gasteiger charge is 2.33. The monoisotopic (exact) mass is 325 g/mol. The first-order chi connectivity index (χ1) is 11.7. The van der Waals surface area contributed by atoms with Crippen molar-refractivity contribution in [1.82, 2.24) is 25.1 Å². The molecule has 1 aromatic carbocycles. The van der Waals surface area contributed by atoms with Crippen molar-refractivity contribution < 1.29 is 9.53 Å². The van der Waals surface area contributed by atoms with Crippen LogP contribution in [0.3, 0.4) is 0 Å². The van der Waals surface area contributed by atoms with Crippen molar-refractivity contribution in [3.63, 3.8) is 0 Å². The lowest BCUT2D eigenvalue weighted by molar-refractivity contribution is 0.0725. The van der Waals surface area contributed by atoms with Crippen LogP contribution in [0.2, 0.25) is 0 Å². The standard InChI is InChI=1S/C17H19N5O2/c1-10-18-16(21-20-10)15-4-3-7-22(15)17(23)14-9-11-8-12(24-2)5-6-13(11)19-14/h5-6,8-9,15,19H,3-4,7H2,1-2H3,(H,18,20,21)/t15-/m1/s1. The highest BCUT2D eigenvalue weighted by Crippen LogP contribution is 2.32. The van der Waals surface area contributed by atoms with E-state index in [-0.39, 0.29) is 11.9 Å². The summed E-state index contributed by atoms with van der Waals surface area (Å²) >= 11 is 0. The molecular weight excluding hydrogens is 306 g/mol. The van der Waals surface area contributed by atoms with Gasteiger partial charge >= 0.3 is 0 Å². The molecule has 0 radical (unpaired) electrons. The van der Waals surface area contributed by atoms with Gasteiger partial charge in [0.25, 0.3) is 5.91 Å². The quantitative estimate of drug-likeness (QED) is 0.775. The first-order valence-corrected chi connectivity index (χ1v) is 8.02. The number of H-pyrrole nitrogens is 2. The molecule has 1 aliphatic heterocycles. The van der Waals surface area contributed by atoms with Crippen LogP contribution in [0.1, 0.15) is 41.0 Å². The first kappa shape index (κ1) is 14.7. The number of carbonyl (C=O) groups is 1. The van der Waals surface area contributed by atoms with Crippen LogP contribution in [-0.4, -0.2) is 44.6 Å². The molecule has 3 heterocycles. The number of ether oxygens (including phenoxy) is 1. The summed E-state index contributed by atoms with van der Waals surface area (Å²) in [4.78, 5) is 22.4. The number of fused-ring (bicyclic) bond motifs is 1. The Bertz CT molecular complexity index is 897. The zero-order valence-corrected chi connectivity index (χ0v) is 13.7. The highest BCUT2D eigenvalue weighted by atomic mass is 16.5. The summed E-state index contributed by atoms with van der Waals surface area (Å²) in [5.74, 6) is 2.21. The zero-order valence-electron chi connectivity index (χ0n) is 13.7. The Morgan fingerprint density at radius 3 is 3.00 bits per heavy atom. The average molecular weight is 325 g/mol. The molecule has 0 aliphatic carbocycles. The van der Waals surface area contributed by atoms with Crippen molar-refractivity contribution >= 4 is 16.8 Å². The zero-order chi connectivity index (χ0) is 16.7. The molecule has 1 saturated heterocycles. The molecule has 0 bridgehead atoms. The SMILES string of the molecule is COc1ccc2[nH]c(C(=O)N3CCC[C@@H]3c3n[nH]c(C)n3)cc2c1. The van der Waals surface area contributed by atoms with Crippen LogP contribution in [0, 0.1) is 6.92 Å². The summed E-state index contributed by atoms with van der Waals surface area (Å²) in [6.07, 6.45) is 1.84. The van der Waals surface area contributed by atoms with E-state index in [0.717, 1.165) is 41.9 Å². The number of aromatic amines is 2. The summed E-state index contributed by atoms with van der Waals surface area (Å²) in [7, 11) is 1.63. The van der Waals surface area contributed by atoms with E-state index >= 15 is 0 Å². The number of amides is 1. The van der Waals surface area contributed by atoms with E-state index in [9.17, 15) is 4.79 Å². The van der Waals surface area contributed by atoms with Crippen LogP contribution in [0.5, 0.6) is 5.75 Å². The van der Waals surface area contributed by atoms with Gasteiger partial charge in [-0.1, -0.05) is 0 Å². The normalized spacial score (nSPS) is 17.6. The van der Waals surface area contributed by atoms with Gasteiger partial charge in [0.05, 0.1) is 13.2 Å². The molecule has 4 rings (SSSR count). The highest BCUT2D eigenvalue weighted by molar-refractivity contribution is 5.98. The average Bonchev–Trinajstić information content (AvgIpc) is 3.31. The molecule has 0 spiro atoms. The van der Waals surface area contributed by atoms with Gasteiger partial charge in [-0.25, -0.2) is 4.98 Å². The van der Waals surface area contributed by atoms with Gasteiger partial charge in [0.1, 0.15) is 17.3 Å². The van der Waals surface area contributed by atoms with Gasteiger partial charge in [0.2, 0.25) is 0 Å². The fraction of sp³-hybridized carbons (Fsp3) is 0.353. The minimum atomic E-state index is -0.0663. The minimum absolute atomic E-state index is 0.0184. The van der Waals surface area contributed by atoms with E-state index < -0.39 is 0 Å². The largest absolute Gasteiger partial charge is 0.497 e. The van der Waals surface area contributed by atoms with Crippen LogP contribution in [0.25, 0.3) is 10.9 Å². The summed E-state index contributed by atoms with van der Waals surface area (Å²) in [5, 5.41) is 8.05. The van der Waals surface area contributed by atoms with E-state index in [2.05, 4.69) is 20.2 Å². The topological polar surface area (TPSA) is 86.9 Å². The third-order valence-electron chi connectivity index (χ3n) is 4.48. The fourth-order valence-corrected chi connectivity index (χ4v) is 3.29. The number of benzene rings is 1. The number of hydrogen-bond donors (Lipinski definition) is 2. The van der Waals surface area contributed by atoms with Gasteiger partial charge < -0.3 is 14.6 Å². The molecule has 1 atom stereocenters. The maximum Gasteiger partial charge on any atom is 0.270 e.